The second kappa shape index (κ2) is 5.81. The molecule has 0 bridgehead atoms. The summed E-state index contributed by atoms with van der Waals surface area (Å²) in [6.07, 6.45) is 2.56. The van der Waals surface area contributed by atoms with Gasteiger partial charge in [0.1, 0.15) is 10.6 Å². The molecule has 0 saturated heterocycles. The summed E-state index contributed by atoms with van der Waals surface area (Å²) in [6.45, 7) is 5.33. The molecule has 0 spiro atoms. The second-order valence-corrected chi connectivity index (χ2v) is 5.42. The first-order valence-corrected chi connectivity index (χ1v) is 6.16. The van der Waals surface area contributed by atoms with E-state index in [4.69, 9.17) is 9.84 Å². The molecule has 0 aliphatic carbocycles. The summed E-state index contributed by atoms with van der Waals surface area (Å²) >= 11 is 1.09. The predicted molar refractivity (Wildman–Crippen MR) is 65.6 cm³/mol. The molecule has 1 heterocycles. The molecular formula is C11H14N2O4S. The third kappa shape index (κ3) is 5.13. The minimum absolute atomic E-state index is 0.0645. The van der Waals surface area contributed by atoms with Crippen molar-refractivity contribution in [3.8, 4) is 0 Å². The fraction of sp³-hybridized carbons (Fsp3) is 0.455. The lowest BCUT2D eigenvalue weighted by Crippen LogP contribution is -2.24. The Kier molecular flexibility index (Phi) is 4.66. The van der Waals surface area contributed by atoms with Crippen LogP contribution < -0.4 is 0 Å². The Morgan fingerprint density at radius 1 is 1.39 bits per heavy atom. The predicted octanol–water partition coefficient (Wildman–Crippen LogP) is 1.61. The quantitative estimate of drug-likeness (QED) is 0.656. The van der Waals surface area contributed by atoms with Crippen LogP contribution in [0.15, 0.2) is 17.4 Å². The van der Waals surface area contributed by atoms with Gasteiger partial charge in [0.25, 0.3) is 0 Å². The van der Waals surface area contributed by atoms with E-state index in [2.05, 4.69) is 9.97 Å². The van der Waals surface area contributed by atoms with Gasteiger partial charge in [0.15, 0.2) is 5.69 Å². The van der Waals surface area contributed by atoms with Crippen molar-refractivity contribution in [1.82, 2.24) is 9.97 Å². The number of aromatic carboxylic acids is 1. The molecule has 0 atom stereocenters. The van der Waals surface area contributed by atoms with Crippen molar-refractivity contribution in [1.29, 1.82) is 0 Å². The average Bonchev–Trinajstić information content (AvgIpc) is 2.24. The van der Waals surface area contributed by atoms with Crippen molar-refractivity contribution in [2.24, 2.45) is 0 Å². The van der Waals surface area contributed by atoms with Crippen LogP contribution in [-0.4, -0.2) is 38.4 Å². The third-order valence-electron chi connectivity index (χ3n) is 1.59. The van der Waals surface area contributed by atoms with E-state index in [1.54, 1.807) is 20.8 Å². The molecule has 98 valence electrons. The number of ether oxygens (including phenoxy) is 1. The number of hydrogen-bond donors (Lipinski definition) is 1. The van der Waals surface area contributed by atoms with Gasteiger partial charge in [-0.15, -0.1) is 0 Å². The number of thioether (sulfide) groups is 1. The van der Waals surface area contributed by atoms with Crippen LogP contribution in [-0.2, 0) is 9.53 Å². The van der Waals surface area contributed by atoms with Crippen LogP contribution in [0.4, 0.5) is 0 Å². The first kappa shape index (κ1) is 14.4. The molecule has 0 aromatic carbocycles. The lowest BCUT2D eigenvalue weighted by atomic mass is 10.2. The highest BCUT2D eigenvalue weighted by Crippen LogP contribution is 2.16. The van der Waals surface area contributed by atoms with Gasteiger partial charge in [-0.05, 0) is 20.8 Å². The Bertz CT molecular complexity index is 457. The van der Waals surface area contributed by atoms with Gasteiger partial charge in [0.05, 0.1) is 18.1 Å². The molecule has 0 aliphatic rings. The number of carbonyl (C=O) groups excluding carboxylic acids is 1. The van der Waals surface area contributed by atoms with Crippen molar-refractivity contribution in [3.63, 3.8) is 0 Å². The van der Waals surface area contributed by atoms with Crippen LogP contribution in [0.25, 0.3) is 0 Å². The van der Waals surface area contributed by atoms with Crippen molar-refractivity contribution in [2.75, 3.05) is 5.75 Å². The number of rotatable bonds is 4. The van der Waals surface area contributed by atoms with Gasteiger partial charge in [0, 0.05) is 0 Å². The van der Waals surface area contributed by atoms with E-state index in [0.29, 0.717) is 5.03 Å². The van der Waals surface area contributed by atoms with Gasteiger partial charge >= 0.3 is 11.9 Å². The van der Waals surface area contributed by atoms with E-state index in [1.165, 1.54) is 6.20 Å². The molecule has 7 heteroatoms. The van der Waals surface area contributed by atoms with Gasteiger partial charge in [-0.25, -0.2) is 9.78 Å². The Hall–Kier alpha value is -1.63. The van der Waals surface area contributed by atoms with E-state index in [0.717, 1.165) is 18.0 Å². The smallest absolute Gasteiger partial charge is 0.356 e. The zero-order valence-corrected chi connectivity index (χ0v) is 11.2. The van der Waals surface area contributed by atoms with E-state index >= 15 is 0 Å². The van der Waals surface area contributed by atoms with Crippen molar-refractivity contribution >= 4 is 23.7 Å². The first-order chi connectivity index (χ1) is 8.28. The molecule has 0 amide bonds. The standard InChI is InChI=1S/C11H14N2O4S/c1-11(2,3)17-9(14)6-18-8-5-12-4-7(13-8)10(15)16/h4-5H,6H2,1-3H3,(H,15,16). The SMILES string of the molecule is CC(C)(C)OC(=O)CSc1cncc(C(=O)O)n1. The van der Waals surface area contributed by atoms with Crippen molar-refractivity contribution in [3.05, 3.63) is 18.1 Å². The van der Waals surface area contributed by atoms with Gasteiger partial charge in [-0.2, -0.15) is 0 Å². The normalized spacial score (nSPS) is 11.1. The summed E-state index contributed by atoms with van der Waals surface area (Å²) in [4.78, 5) is 29.7. The van der Waals surface area contributed by atoms with Crippen LogP contribution in [0.5, 0.6) is 0 Å². The molecule has 18 heavy (non-hydrogen) atoms. The third-order valence-corrected chi connectivity index (χ3v) is 2.46. The number of hydrogen-bond acceptors (Lipinski definition) is 6. The summed E-state index contributed by atoms with van der Waals surface area (Å²) < 4.78 is 5.11. The van der Waals surface area contributed by atoms with Crippen LogP contribution in [0.2, 0.25) is 0 Å². The molecule has 0 unspecified atom stereocenters. The summed E-state index contributed by atoms with van der Waals surface area (Å²) in [6, 6.07) is 0. The van der Waals surface area contributed by atoms with Gasteiger partial charge in [-0.1, -0.05) is 11.8 Å². The zero-order chi connectivity index (χ0) is 13.8. The Balaban J connectivity index is 2.56. The van der Waals surface area contributed by atoms with Crippen molar-refractivity contribution in [2.45, 2.75) is 31.4 Å². The van der Waals surface area contributed by atoms with Gasteiger partial charge < -0.3 is 9.84 Å². The fourth-order valence-electron chi connectivity index (χ4n) is 1.02. The Morgan fingerprint density at radius 2 is 2.06 bits per heavy atom. The maximum absolute atomic E-state index is 11.4. The molecule has 0 aliphatic heterocycles. The number of nitrogens with zero attached hydrogens (tertiary/aromatic N) is 2. The maximum atomic E-state index is 11.4. The minimum Gasteiger partial charge on any atom is -0.476 e. The lowest BCUT2D eigenvalue weighted by Gasteiger charge is -2.19. The zero-order valence-electron chi connectivity index (χ0n) is 10.3. The molecule has 1 rings (SSSR count). The Morgan fingerprint density at radius 3 is 2.61 bits per heavy atom. The highest BCUT2D eigenvalue weighted by atomic mass is 32.2. The number of carbonyl (C=O) groups is 2. The Labute approximate surface area is 109 Å². The molecular weight excluding hydrogens is 256 g/mol. The number of carboxylic acid groups (broad SMARTS) is 1. The summed E-state index contributed by atoms with van der Waals surface area (Å²) in [5.41, 5.74) is -0.684. The molecule has 0 saturated carbocycles. The minimum atomic E-state index is -1.15. The largest absolute Gasteiger partial charge is 0.476 e. The molecule has 6 nitrogen and oxygen atoms in total. The van der Waals surface area contributed by atoms with Crippen LogP contribution in [0, 0.1) is 0 Å². The fourth-order valence-corrected chi connectivity index (χ4v) is 1.65. The van der Waals surface area contributed by atoms with E-state index in [1.807, 2.05) is 0 Å². The van der Waals surface area contributed by atoms with Gasteiger partial charge in [0.2, 0.25) is 0 Å². The molecule has 1 N–H and O–H groups in total. The van der Waals surface area contributed by atoms with E-state index in [9.17, 15) is 9.59 Å². The van der Waals surface area contributed by atoms with E-state index < -0.39 is 11.6 Å². The highest BCUT2D eigenvalue weighted by molar-refractivity contribution is 7.99. The highest BCUT2D eigenvalue weighted by Gasteiger charge is 2.16. The summed E-state index contributed by atoms with van der Waals surface area (Å²) in [7, 11) is 0. The summed E-state index contributed by atoms with van der Waals surface area (Å²) in [5, 5.41) is 9.11. The molecule has 1 aromatic rings. The van der Waals surface area contributed by atoms with Crippen LogP contribution in [0.1, 0.15) is 31.3 Å². The van der Waals surface area contributed by atoms with E-state index in [-0.39, 0.29) is 17.4 Å². The lowest BCUT2D eigenvalue weighted by molar-refractivity contribution is -0.151. The van der Waals surface area contributed by atoms with Crippen molar-refractivity contribution < 1.29 is 19.4 Å². The molecule has 1 aromatic heterocycles. The molecule has 0 radical (unpaired) electrons. The van der Waals surface area contributed by atoms with Gasteiger partial charge in [-0.3, -0.25) is 9.78 Å². The number of esters is 1. The molecule has 0 fully saturated rings. The number of carboxylic acids is 1. The topological polar surface area (TPSA) is 89.4 Å². The summed E-state index contributed by atoms with van der Waals surface area (Å²) in [5.74, 6) is -1.47. The second-order valence-electron chi connectivity index (χ2n) is 4.42. The monoisotopic (exact) mass is 270 g/mol. The van der Waals surface area contributed by atoms with Crippen LogP contribution >= 0.6 is 11.8 Å². The number of aromatic nitrogens is 2. The average molecular weight is 270 g/mol. The first-order valence-electron chi connectivity index (χ1n) is 5.18. The van der Waals surface area contributed by atoms with Crippen LogP contribution in [0.3, 0.4) is 0 Å². The maximum Gasteiger partial charge on any atom is 0.356 e.